The van der Waals surface area contributed by atoms with Crippen molar-refractivity contribution in [2.75, 3.05) is 25.0 Å². The van der Waals surface area contributed by atoms with Crippen molar-refractivity contribution in [3.63, 3.8) is 0 Å². The van der Waals surface area contributed by atoms with Crippen molar-refractivity contribution in [2.45, 2.75) is 19.4 Å². The van der Waals surface area contributed by atoms with Gasteiger partial charge in [-0.2, -0.15) is 0 Å². The molecule has 1 fully saturated rings. The van der Waals surface area contributed by atoms with Crippen LogP contribution in [0.4, 0.5) is 5.69 Å². The summed E-state index contributed by atoms with van der Waals surface area (Å²) in [6.45, 7) is 5.41. The van der Waals surface area contributed by atoms with Crippen LogP contribution in [0, 0.1) is 5.92 Å². The second-order valence-corrected chi connectivity index (χ2v) is 7.35. The number of carbonyl (C=O) groups excluding carboxylic acids is 1. The molecule has 110 valence electrons. The number of carbonyl (C=O) groups is 1. The summed E-state index contributed by atoms with van der Waals surface area (Å²) in [4.78, 5) is 13.9. The van der Waals surface area contributed by atoms with Crippen LogP contribution >= 0.6 is 31.9 Å². The number of anilines is 1. The molecular weight excluding hydrogens is 388 g/mol. The number of rotatable bonds is 4. The third-order valence-electron chi connectivity index (χ3n) is 3.64. The molecule has 0 spiro atoms. The van der Waals surface area contributed by atoms with Crippen LogP contribution in [-0.4, -0.2) is 41.1 Å². The molecule has 20 heavy (non-hydrogen) atoms. The van der Waals surface area contributed by atoms with Crippen LogP contribution in [-0.2, 0) is 4.79 Å². The Morgan fingerprint density at radius 3 is 2.65 bits per heavy atom. The predicted molar refractivity (Wildman–Crippen MR) is 86.7 cm³/mol. The first-order chi connectivity index (χ1) is 9.30. The highest BCUT2D eigenvalue weighted by molar-refractivity contribution is 9.11. The molecule has 1 saturated heterocycles. The van der Waals surface area contributed by atoms with Gasteiger partial charge in [0.25, 0.3) is 0 Å². The van der Waals surface area contributed by atoms with Gasteiger partial charge in [0, 0.05) is 22.0 Å². The van der Waals surface area contributed by atoms with E-state index < -0.39 is 5.60 Å². The summed E-state index contributed by atoms with van der Waals surface area (Å²) in [7, 11) is 0. The number of amides is 1. The first kappa shape index (κ1) is 15.9. The Morgan fingerprint density at radius 2 is 2.10 bits per heavy atom. The van der Waals surface area contributed by atoms with E-state index in [4.69, 9.17) is 0 Å². The van der Waals surface area contributed by atoms with Crippen LogP contribution in [0.5, 0.6) is 0 Å². The first-order valence-corrected chi connectivity index (χ1v) is 8.08. The zero-order valence-corrected chi connectivity index (χ0v) is 14.7. The van der Waals surface area contributed by atoms with Gasteiger partial charge in [-0.1, -0.05) is 29.8 Å². The maximum atomic E-state index is 12.0. The normalized spacial score (nSPS) is 17.9. The molecule has 0 unspecified atom stereocenters. The number of likely N-dealkylation sites (tertiary alicyclic amines) is 1. The molecule has 6 heteroatoms. The van der Waals surface area contributed by atoms with Gasteiger partial charge in [0.2, 0.25) is 5.91 Å². The quantitative estimate of drug-likeness (QED) is 0.809. The van der Waals surface area contributed by atoms with E-state index in [1.165, 1.54) is 0 Å². The van der Waals surface area contributed by atoms with Crippen LogP contribution in [0.25, 0.3) is 0 Å². The van der Waals surface area contributed by atoms with Crippen molar-refractivity contribution >= 4 is 43.5 Å². The largest absolute Gasteiger partial charge is 0.387 e. The molecular formula is C14H18Br2N2O2. The fourth-order valence-electron chi connectivity index (χ4n) is 2.19. The topological polar surface area (TPSA) is 52.6 Å². The van der Waals surface area contributed by atoms with Crippen molar-refractivity contribution < 1.29 is 9.90 Å². The molecule has 2 rings (SSSR count). The van der Waals surface area contributed by atoms with Crippen LogP contribution < -0.4 is 5.32 Å². The standard InChI is InChI=1S/C14H18Br2N2O2/c1-9(2)14(20)7-18(8-14)6-13(19)17-12-4-3-10(15)5-11(12)16/h3-5,9,20H,6-8H2,1-2H3,(H,17,19). The molecule has 0 atom stereocenters. The number of benzene rings is 1. The monoisotopic (exact) mass is 404 g/mol. The van der Waals surface area contributed by atoms with Gasteiger partial charge in [0.15, 0.2) is 0 Å². The van der Waals surface area contributed by atoms with Crippen molar-refractivity contribution in [3.05, 3.63) is 27.1 Å². The van der Waals surface area contributed by atoms with E-state index in [1.54, 1.807) is 0 Å². The Labute approximate surface area is 135 Å². The highest BCUT2D eigenvalue weighted by Gasteiger charge is 2.43. The van der Waals surface area contributed by atoms with Gasteiger partial charge in [0.05, 0.1) is 17.8 Å². The molecule has 0 bridgehead atoms. The summed E-state index contributed by atoms with van der Waals surface area (Å²) >= 11 is 6.78. The van der Waals surface area contributed by atoms with Crippen LogP contribution in [0.15, 0.2) is 27.1 Å². The molecule has 1 amide bonds. The van der Waals surface area contributed by atoms with Gasteiger partial charge in [0.1, 0.15) is 0 Å². The van der Waals surface area contributed by atoms with Crippen LogP contribution in [0.1, 0.15) is 13.8 Å². The van der Waals surface area contributed by atoms with E-state index in [1.807, 2.05) is 36.9 Å². The minimum absolute atomic E-state index is 0.0705. The van der Waals surface area contributed by atoms with Crippen molar-refractivity contribution in [1.82, 2.24) is 4.90 Å². The molecule has 1 heterocycles. The molecule has 1 aromatic rings. The van der Waals surface area contributed by atoms with Crippen molar-refractivity contribution in [1.29, 1.82) is 0 Å². The molecule has 2 N–H and O–H groups in total. The summed E-state index contributed by atoms with van der Waals surface area (Å²) in [6, 6.07) is 5.60. The lowest BCUT2D eigenvalue weighted by atomic mass is 9.83. The summed E-state index contributed by atoms with van der Waals surface area (Å²) < 4.78 is 1.79. The Kier molecular flexibility index (Phi) is 4.89. The maximum absolute atomic E-state index is 12.0. The summed E-state index contributed by atoms with van der Waals surface area (Å²) in [5, 5.41) is 13.0. The average Bonchev–Trinajstić information content (AvgIpc) is 2.30. The maximum Gasteiger partial charge on any atom is 0.238 e. The smallest absolute Gasteiger partial charge is 0.238 e. The molecule has 1 aliphatic heterocycles. The zero-order chi connectivity index (χ0) is 14.9. The Bertz CT molecular complexity index is 514. The van der Waals surface area contributed by atoms with Gasteiger partial charge in [-0.3, -0.25) is 9.69 Å². The Morgan fingerprint density at radius 1 is 1.45 bits per heavy atom. The molecule has 0 saturated carbocycles. The highest BCUT2D eigenvalue weighted by atomic mass is 79.9. The van der Waals surface area contributed by atoms with Crippen molar-refractivity contribution in [3.8, 4) is 0 Å². The third kappa shape index (κ3) is 3.61. The number of aliphatic hydroxyl groups is 1. The van der Waals surface area contributed by atoms with E-state index in [-0.39, 0.29) is 11.8 Å². The lowest BCUT2D eigenvalue weighted by Gasteiger charge is -2.48. The molecule has 0 aromatic heterocycles. The first-order valence-electron chi connectivity index (χ1n) is 6.50. The fourth-order valence-corrected chi connectivity index (χ4v) is 3.33. The fraction of sp³-hybridized carbons (Fsp3) is 0.500. The van der Waals surface area contributed by atoms with E-state index in [0.717, 1.165) is 14.6 Å². The number of nitrogens with one attached hydrogen (secondary N) is 1. The summed E-state index contributed by atoms with van der Waals surface area (Å²) in [6.07, 6.45) is 0. The Balaban J connectivity index is 1.85. The van der Waals surface area contributed by atoms with Gasteiger partial charge in [-0.05, 0) is 40.0 Å². The zero-order valence-electron chi connectivity index (χ0n) is 11.5. The summed E-state index contributed by atoms with van der Waals surface area (Å²) in [5.74, 6) is 0.140. The number of β-amino-alcohol motifs (C(OH)–C–C–N with tert-alkyl or cyclic N) is 1. The molecule has 0 radical (unpaired) electrons. The average molecular weight is 406 g/mol. The number of nitrogens with zero attached hydrogens (tertiary/aromatic N) is 1. The SMILES string of the molecule is CC(C)C1(O)CN(CC(=O)Nc2ccc(Br)cc2Br)C1. The number of hydrogen-bond donors (Lipinski definition) is 2. The third-order valence-corrected chi connectivity index (χ3v) is 4.79. The van der Waals surface area contributed by atoms with E-state index in [9.17, 15) is 9.90 Å². The second kappa shape index (κ2) is 6.13. The van der Waals surface area contributed by atoms with E-state index >= 15 is 0 Å². The predicted octanol–water partition coefficient (Wildman–Crippen LogP) is 2.85. The van der Waals surface area contributed by atoms with Gasteiger partial charge in [-0.25, -0.2) is 0 Å². The number of halogens is 2. The molecule has 0 aliphatic carbocycles. The van der Waals surface area contributed by atoms with Crippen LogP contribution in [0.2, 0.25) is 0 Å². The summed E-state index contributed by atoms with van der Waals surface area (Å²) in [5.41, 5.74) is 0.108. The minimum atomic E-state index is -0.640. The number of hydrogen-bond acceptors (Lipinski definition) is 3. The van der Waals surface area contributed by atoms with Gasteiger partial charge >= 0.3 is 0 Å². The lowest BCUT2D eigenvalue weighted by molar-refractivity contribution is -0.139. The Hall–Kier alpha value is -0.430. The van der Waals surface area contributed by atoms with Gasteiger partial charge < -0.3 is 10.4 Å². The van der Waals surface area contributed by atoms with E-state index in [2.05, 4.69) is 37.2 Å². The molecule has 1 aliphatic rings. The minimum Gasteiger partial charge on any atom is -0.387 e. The molecule has 4 nitrogen and oxygen atoms in total. The second-order valence-electron chi connectivity index (χ2n) is 5.58. The molecule has 1 aromatic carbocycles. The van der Waals surface area contributed by atoms with E-state index in [0.29, 0.717) is 19.6 Å². The lowest BCUT2D eigenvalue weighted by Crippen LogP contribution is -2.65. The van der Waals surface area contributed by atoms with Crippen LogP contribution in [0.3, 0.4) is 0 Å². The van der Waals surface area contributed by atoms with Crippen molar-refractivity contribution in [2.24, 2.45) is 5.92 Å². The highest BCUT2D eigenvalue weighted by Crippen LogP contribution is 2.29. The van der Waals surface area contributed by atoms with Gasteiger partial charge in [-0.15, -0.1) is 0 Å².